The Balaban J connectivity index is 2.84. The molecule has 1 rings (SSSR count). The highest BCUT2D eigenvalue weighted by Crippen LogP contribution is 2.19. The van der Waals surface area contributed by atoms with E-state index in [0.29, 0.717) is 12.2 Å². The van der Waals surface area contributed by atoms with E-state index in [-0.39, 0.29) is 5.82 Å². The van der Waals surface area contributed by atoms with Gasteiger partial charge in [0.25, 0.3) is 0 Å². The Hall–Kier alpha value is -1.91. The molecule has 0 aliphatic rings. The summed E-state index contributed by atoms with van der Waals surface area (Å²) < 4.78 is 0. The fourth-order valence-electron chi connectivity index (χ4n) is 0.927. The van der Waals surface area contributed by atoms with Crippen LogP contribution in [0.1, 0.15) is 6.92 Å². The molecule has 0 saturated carbocycles. The summed E-state index contributed by atoms with van der Waals surface area (Å²) in [4.78, 5) is 13.7. The lowest BCUT2D eigenvalue weighted by molar-refractivity contribution is -0.388. The molecule has 1 aromatic heterocycles. The van der Waals surface area contributed by atoms with Gasteiger partial charge in [-0.3, -0.25) is 0 Å². The van der Waals surface area contributed by atoms with Gasteiger partial charge in [-0.1, -0.05) is 12.2 Å². The molecule has 1 N–H and O–H groups in total. The van der Waals surface area contributed by atoms with Gasteiger partial charge in [0.05, 0.1) is 0 Å². The van der Waals surface area contributed by atoms with Crippen molar-refractivity contribution in [3.63, 3.8) is 0 Å². The van der Waals surface area contributed by atoms with Crippen molar-refractivity contribution in [1.29, 1.82) is 0 Å². The molecule has 0 spiro atoms. The van der Waals surface area contributed by atoms with Crippen LogP contribution in [0, 0.1) is 10.1 Å². The molecule has 0 aromatic carbocycles. The van der Waals surface area contributed by atoms with Crippen LogP contribution in [0.3, 0.4) is 0 Å². The van der Waals surface area contributed by atoms with Crippen LogP contribution in [0.25, 0.3) is 0 Å². The lowest BCUT2D eigenvalue weighted by Gasteiger charge is -2.04. The van der Waals surface area contributed by atoms with E-state index < -0.39 is 4.92 Å². The fraction of sp³-hybridized carbons (Fsp3) is 0.222. The second-order valence-corrected chi connectivity index (χ2v) is 2.94. The highest BCUT2D eigenvalue weighted by atomic mass is 16.6. The minimum absolute atomic E-state index is 0.159. The van der Waals surface area contributed by atoms with E-state index in [1.54, 1.807) is 12.1 Å². The molecule has 0 amide bonds. The van der Waals surface area contributed by atoms with E-state index in [0.717, 1.165) is 5.57 Å². The molecule has 0 radical (unpaired) electrons. The van der Waals surface area contributed by atoms with E-state index in [1.165, 1.54) is 6.20 Å². The van der Waals surface area contributed by atoms with Crippen LogP contribution in [0.15, 0.2) is 30.5 Å². The minimum Gasteiger partial charge on any atom is -0.374 e. The first-order valence-electron chi connectivity index (χ1n) is 4.09. The van der Waals surface area contributed by atoms with Gasteiger partial charge in [-0.15, -0.1) is 0 Å². The minimum atomic E-state index is -0.513. The van der Waals surface area contributed by atoms with Crippen molar-refractivity contribution in [2.75, 3.05) is 11.9 Å². The number of rotatable bonds is 4. The van der Waals surface area contributed by atoms with Gasteiger partial charge in [0.1, 0.15) is 11.9 Å². The highest BCUT2D eigenvalue weighted by Gasteiger charge is 2.12. The van der Waals surface area contributed by atoms with Gasteiger partial charge < -0.3 is 15.4 Å². The van der Waals surface area contributed by atoms with Crippen LogP contribution in [0.2, 0.25) is 0 Å². The molecule has 5 nitrogen and oxygen atoms in total. The number of anilines is 1. The van der Waals surface area contributed by atoms with E-state index in [1.807, 2.05) is 6.92 Å². The summed E-state index contributed by atoms with van der Waals surface area (Å²) in [5.41, 5.74) is 1.32. The van der Waals surface area contributed by atoms with Gasteiger partial charge >= 0.3 is 5.82 Å². The van der Waals surface area contributed by atoms with Crippen molar-refractivity contribution in [3.8, 4) is 0 Å². The van der Waals surface area contributed by atoms with Crippen molar-refractivity contribution in [2.45, 2.75) is 6.92 Å². The van der Waals surface area contributed by atoms with E-state index in [2.05, 4.69) is 16.9 Å². The van der Waals surface area contributed by atoms with Crippen LogP contribution in [0.4, 0.5) is 11.5 Å². The highest BCUT2D eigenvalue weighted by molar-refractivity contribution is 5.56. The number of nitrogens with one attached hydrogen (secondary N) is 1. The van der Waals surface area contributed by atoms with Crippen LogP contribution >= 0.6 is 0 Å². The van der Waals surface area contributed by atoms with E-state index in [4.69, 9.17) is 0 Å². The zero-order valence-electron chi connectivity index (χ0n) is 7.86. The standard InChI is InChI=1S/C9H11N3O2/c1-7(2)6-11-8-4-3-5-10-9(8)12(13)14/h3-5,11H,1,6H2,2H3. The zero-order valence-corrected chi connectivity index (χ0v) is 7.86. The summed E-state index contributed by atoms with van der Waals surface area (Å²) in [7, 11) is 0. The molecular weight excluding hydrogens is 182 g/mol. The molecule has 5 heteroatoms. The molecular formula is C9H11N3O2. The largest absolute Gasteiger partial charge is 0.386 e. The van der Waals surface area contributed by atoms with Gasteiger partial charge in [0.2, 0.25) is 0 Å². The van der Waals surface area contributed by atoms with Crippen molar-refractivity contribution >= 4 is 11.5 Å². The second-order valence-electron chi connectivity index (χ2n) is 2.94. The Morgan fingerprint density at radius 2 is 2.50 bits per heavy atom. The quantitative estimate of drug-likeness (QED) is 0.451. The lowest BCUT2D eigenvalue weighted by atomic mass is 10.3. The fourth-order valence-corrected chi connectivity index (χ4v) is 0.927. The van der Waals surface area contributed by atoms with Gasteiger partial charge in [0, 0.05) is 6.54 Å². The summed E-state index contributed by atoms with van der Waals surface area (Å²) in [6.45, 7) is 6.04. The average Bonchev–Trinajstić information content (AvgIpc) is 2.15. The lowest BCUT2D eigenvalue weighted by Crippen LogP contribution is -2.05. The van der Waals surface area contributed by atoms with Gasteiger partial charge in [-0.25, -0.2) is 0 Å². The summed E-state index contributed by atoms with van der Waals surface area (Å²) in [6.07, 6.45) is 1.39. The van der Waals surface area contributed by atoms with Crippen molar-refractivity contribution in [1.82, 2.24) is 4.98 Å². The number of nitro groups is 1. The van der Waals surface area contributed by atoms with Crippen LogP contribution in [-0.4, -0.2) is 16.5 Å². The maximum absolute atomic E-state index is 10.5. The van der Waals surface area contributed by atoms with E-state index in [9.17, 15) is 10.1 Å². The maximum Gasteiger partial charge on any atom is 0.386 e. The number of hydrogen-bond donors (Lipinski definition) is 1. The number of nitrogens with zero attached hydrogens (tertiary/aromatic N) is 2. The third kappa shape index (κ3) is 2.55. The third-order valence-corrected chi connectivity index (χ3v) is 1.54. The Kier molecular flexibility index (Phi) is 3.17. The van der Waals surface area contributed by atoms with Crippen molar-refractivity contribution in [2.24, 2.45) is 0 Å². The molecule has 0 aliphatic heterocycles. The normalized spacial score (nSPS) is 9.50. The third-order valence-electron chi connectivity index (χ3n) is 1.54. The Labute approximate surface area is 81.6 Å². The molecule has 0 saturated heterocycles. The Bertz CT molecular complexity index is 363. The predicted octanol–water partition coefficient (Wildman–Crippen LogP) is 1.98. The number of aromatic nitrogens is 1. The Morgan fingerprint density at radius 1 is 1.79 bits per heavy atom. The summed E-state index contributed by atoms with van der Waals surface area (Å²) in [6, 6.07) is 3.27. The zero-order chi connectivity index (χ0) is 10.6. The van der Waals surface area contributed by atoms with Crippen LogP contribution < -0.4 is 5.32 Å². The molecule has 1 heterocycles. The SMILES string of the molecule is C=C(C)CNc1cccnc1[N+](=O)[O-]. The first-order valence-corrected chi connectivity index (χ1v) is 4.09. The molecule has 0 atom stereocenters. The molecule has 1 aromatic rings. The second kappa shape index (κ2) is 4.36. The van der Waals surface area contributed by atoms with Crippen LogP contribution in [0.5, 0.6) is 0 Å². The molecule has 14 heavy (non-hydrogen) atoms. The Morgan fingerprint density at radius 3 is 3.07 bits per heavy atom. The average molecular weight is 193 g/mol. The predicted molar refractivity (Wildman–Crippen MR) is 54.2 cm³/mol. The molecule has 0 bridgehead atoms. The van der Waals surface area contributed by atoms with E-state index >= 15 is 0 Å². The molecule has 0 fully saturated rings. The molecule has 0 unspecified atom stereocenters. The smallest absolute Gasteiger partial charge is 0.374 e. The van der Waals surface area contributed by atoms with Gasteiger partial charge in [-0.05, 0) is 29.0 Å². The van der Waals surface area contributed by atoms with Crippen molar-refractivity contribution in [3.05, 3.63) is 40.6 Å². The molecule has 74 valence electrons. The first kappa shape index (κ1) is 10.2. The molecule has 0 aliphatic carbocycles. The first-order chi connectivity index (χ1) is 6.61. The van der Waals surface area contributed by atoms with Crippen LogP contribution in [-0.2, 0) is 0 Å². The van der Waals surface area contributed by atoms with Crippen molar-refractivity contribution < 1.29 is 4.92 Å². The van der Waals surface area contributed by atoms with Gasteiger partial charge in [0.15, 0.2) is 0 Å². The number of hydrogen-bond acceptors (Lipinski definition) is 4. The topological polar surface area (TPSA) is 68.1 Å². The summed E-state index contributed by atoms with van der Waals surface area (Å²) in [5.74, 6) is -0.159. The monoisotopic (exact) mass is 193 g/mol. The van der Waals surface area contributed by atoms with Gasteiger partial charge in [-0.2, -0.15) is 0 Å². The maximum atomic E-state index is 10.5. The number of pyridine rings is 1. The summed E-state index contributed by atoms with van der Waals surface area (Å²) in [5, 5.41) is 13.4. The summed E-state index contributed by atoms with van der Waals surface area (Å²) >= 11 is 0.